The molecule has 3 heteroatoms. The molecule has 0 aromatic carbocycles. The molecule has 0 unspecified atom stereocenters. The van der Waals surface area contributed by atoms with Crippen molar-refractivity contribution < 1.29 is 4.74 Å². The minimum Gasteiger partial charge on any atom is -0.372 e. The van der Waals surface area contributed by atoms with Crippen molar-refractivity contribution in [2.24, 2.45) is 17.4 Å². The maximum atomic E-state index is 5.93. The van der Waals surface area contributed by atoms with Gasteiger partial charge in [0.15, 0.2) is 0 Å². The summed E-state index contributed by atoms with van der Waals surface area (Å²) in [4.78, 5) is 0. The first-order chi connectivity index (χ1) is 5.65. The highest BCUT2D eigenvalue weighted by Gasteiger charge is 2.29. The van der Waals surface area contributed by atoms with Crippen LogP contribution in [0.15, 0.2) is 0 Å². The summed E-state index contributed by atoms with van der Waals surface area (Å²) in [6, 6.07) is 0.202. The third-order valence-corrected chi connectivity index (χ3v) is 2.51. The van der Waals surface area contributed by atoms with Crippen molar-refractivity contribution in [2.45, 2.75) is 44.9 Å². The Hall–Kier alpha value is -0.120. The molecule has 1 fully saturated rings. The fourth-order valence-electron chi connectivity index (χ4n) is 1.76. The molecule has 1 heterocycles. The van der Waals surface area contributed by atoms with Gasteiger partial charge in [-0.05, 0) is 18.8 Å². The van der Waals surface area contributed by atoms with Gasteiger partial charge in [-0.15, -0.1) is 0 Å². The van der Waals surface area contributed by atoms with Gasteiger partial charge in [0.25, 0.3) is 0 Å². The van der Waals surface area contributed by atoms with Crippen LogP contribution in [0.2, 0.25) is 0 Å². The molecule has 0 aromatic rings. The molecule has 4 N–H and O–H groups in total. The van der Waals surface area contributed by atoms with E-state index < -0.39 is 0 Å². The van der Waals surface area contributed by atoms with Crippen molar-refractivity contribution in [1.82, 2.24) is 0 Å². The van der Waals surface area contributed by atoms with Crippen LogP contribution in [-0.4, -0.2) is 24.8 Å². The Labute approximate surface area is 74.4 Å². The number of nitrogens with two attached hydrogens (primary N) is 2. The van der Waals surface area contributed by atoms with Gasteiger partial charge < -0.3 is 16.2 Å². The molecule has 1 saturated heterocycles. The fourth-order valence-corrected chi connectivity index (χ4v) is 1.76. The Balaban J connectivity index is 2.47. The molecule has 0 spiro atoms. The average molecular weight is 172 g/mol. The molecule has 0 aliphatic carbocycles. The van der Waals surface area contributed by atoms with E-state index in [1.54, 1.807) is 0 Å². The first-order valence-corrected chi connectivity index (χ1v) is 4.76. The van der Waals surface area contributed by atoms with Gasteiger partial charge >= 0.3 is 0 Å². The summed E-state index contributed by atoms with van der Waals surface area (Å²) in [6.07, 6.45) is 2.50. The van der Waals surface area contributed by atoms with Crippen molar-refractivity contribution in [1.29, 1.82) is 0 Å². The number of hydrogen-bond donors (Lipinski definition) is 2. The molecule has 1 aliphatic heterocycles. The van der Waals surface area contributed by atoms with Crippen LogP contribution < -0.4 is 11.5 Å². The molecule has 3 atom stereocenters. The Morgan fingerprint density at radius 3 is 2.58 bits per heavy atom. The van der Waals surface area contributed by atoms with Gasteiger partial charge in [0.05, 0.1) is 12.2 Å². The Morgan fingerprint density at radius 2 is 2.08 bits per heavy atom. The standard InChI is InChI=1S/C9H20N2O/c1-6(2)9-8(11)4-3-7(5-10)12-9/h6-9H,3-5,10-11H2,1-2H3/t7-,8+,9+/m0/s1. The van der Waals surface area contributed by atoms with Crippen molar-refractivity contribution >= 4 is 0 Å². The summed E-state index contributed by atoms with van der Waals surface area (Å²) in [5, 5.41) is 0. The van der Waals surface area contributed by atoms with Crippen LogP contribution >= 0.6 is 0 Å². The Kier molecular flexibility index (Phi) is 3.50. The zero-order valence-corrected chi connectivity index (χ0v) is 7.99. The molecule has 0 aromatic heterocycles. The van der Waals surface area contributed by atoms with Crippen molar-refractivity contribution in [3.8, 4) is 0 Å². The molecule has 12 heavy (non-hydrogen) atoms. The van der Waals surface area contributed by atoms with E-state index in [1.165, 1.54) is 0 Å². The average Bonchev–Trinajstić information content (AvgIpc) is 2.05. The second kappa shape index (κ2) is 4.21. The van der Waals surface area contributed by atoms with E-state index >= 15 is 0 Å². The lowest BCUT2D eigenvalue weighted by Crippen LogP contribution is -2.48. The van der Waals surface area contributed by atoms with E-state index in [9.17, 15) is 0 Å². The van der Waals surface area contributed by atoms with E-state index in [2.05, 4.69) is 13.8 Å². The quantitative estimate of drug-likeness (QED) is 0.636. The number of hydrogen-bond acceptors (Lipinski definition) is 3. The van der Waals surface area contributed by atoms with Crippen LogP contribution in [0.5, 0.6) is 0 Å². The molecule has 0 bridgehead atoms. The van der Waals surface area contributed by atoms with Crippen molar-refractivity contribution in [3.05, 3.63) is 0 Å². The summed E-state index contributed by atoms with van der Waals surface area (Å²) in [5.41, 5.74) is 11.5. The molecule has 0 radical (unpaired) electrons. The SMILES string of the molecule is CC(C)[C@H]1O[C@H](CN)CC[C@H]1N. The zero-order valence-electron chi connectivity index (χ0n) is 7.99. The van der Waals surface area contributed by atoms with E-state index in [-0.39, 0.29) is 18.2 Å². The largest absolute Gasteiger partial charge is 0.372 e. The highest BCUT2D eigenvalue weighted by Crippen LogP contribution is 2.22. The molecule has 0 amide bonds. The number of rotatable bonds is 2. The lowest BCUT2D eigenvalue weighted by molar-refractivity contribution is -0.0768. The van der Waals surface area contributed by atoms with Gasteiger partial charge in [-0.3, -0.25) is 0 Å². The molecule has 0 saturated carbocycles. The predicted molar refractivity (Wildman–Crippen MR) is 49.8 cm³/mol. The normalized spacial score (nSPS) is 37.2. The summed E-state index contributed by atoms with van der Waals surface area (Å²) >= 11 is 0. The van der Waals surface area contributed by atoms with Crippen LogP contribution in [0.4, 0.5) is 0 Å². The Bertz CT molecular complexity index is 138. The minimum atomic E-state index is 0.201. The van der Waals surface area contributed by atoms with E-state index in [4.69, 9.17) is 16.2 Å². The lowest BCUT2D eigenvalue weighted by Gasteiger charge is -2.36. The minimum absolute atomic E-state index is 0.201. The molecular formula is C9H20N2O. The molecule has 3 nitrogen and oxygen atoms in total. The van der Waals surface area contributed by atoms with Gasteiger partial charge in [0.2, 0.25) is 0 Å². The van der Waals surface area contributed by atoms with Gasteiger partial charge in [0.1, 0.15) is 0 Å². The Morgan fingerprint density at radius 1 is 1.42 bits per heavy atom. The molecular weight excluding hydrogens is 152 g/mol. The first-order valence-electron chi connectivity index (χ1n) is 4.76. The summed E-state index contributed by atoms with van der Waals surface area (Å²) in [6.45, 7) is 4.91. The van der Waals surface area contributed by atoms with Crippen LogP contribution in [0.25, 0.3) is 0 Å². The van der Waals surface area contributed by atoms with Crippen molar-refractivity contribution in [3.63, 3.8) is 0 Å². The smallest absolute Gasteiger partial charge is 0.0753 e. The molecule has 1 aliphatic rings. The van der Waals surface area contributed by atoms with Crippen LogP contribution in [0.3, 0.4) is 0 Å². The summed E-state index contributed by atoms with van der Waals surface area (Å²) in [7, 11) is 0. The van der Waals surface area contributed by atoms with Crippen molar-refractivity contribution in [2.75, 3.05) is 6.54 Å². The maximum absolute atomic E-state index is 5.93. The third-order valence-electron chi connectivity index (χ3n) is 2.51. The summed E-state index contributed by atoms with van der Waals surface area (Å²) < 4.78 is 5.76. The van der Waals surface area contributed by atoms with Gasteiger partial charge in [-0.2, -0.15) is 0 Å². The van der Waals surface area contributed by atoms with Crippen LogP contribution in [0, 0.1) is 5.92 Å². The second-order valence-corrected chi connectivity index (χ2v) is 3.94. The molecule has 1 rings (SSSR count). The van der Waals surface area contributed by atoms with Crippen LogP contribution in [0.1, 0.15) is 26.7 Å². The van der Waals surface area contributed by atoms with Gasteiger partial charge in [-0.25, -0.2) is 0 Å². The first kappa shape index (κ1) is 9.96. The third kappa shape index (κ3) is 2.19. The van der Waals surface area contributed by atoms with E-state index in [1.807, 2.05) is 0 Å². The topological polar surface area (TPSA) is 61.3 Å². The van der Waals surface area contributed by atoms with E-state index in [0.717, 1.165) is 12.8 Å². The van der Waals surface area contributed by atoms with Gasteiger partial charge in [-0.1, -0.05) is 13.8 Å². The summed E-state index contributed by atoms with van der Waals surface area (Å²) in [5.74, 6) is 0.495. The molecule has 72 valence electrons. The fraction of sp³-hybridized carbons (Fsp3) is 1.00. The van der Waals surface area contributed by atoms with Gasteiger partial charge in [0, 0.05) is 12.6 Å². The van der Waals surface area contributed by atoms with Crippen LogP contribution in [-0.2, 0) is 4.74 Å². The highest BCUT2D eigenvalue weighted by atomic mass is 16.5. The maximum Gasteiger partial charge on any atom is 0.0753 e. The highest BCUT2D eigenvalue weighted by molar-refractivity contribution is 4.83. The second-order valence-electron chi connectivity index (χ2n) is 3.94. The predicted octanol–water partition coefficient (Wildman–Crippen LogP) is 0.476. The zero-order chi connectivity index (χ0) is 9.14. The monoisotopic (exact) mass is 172 g/mol. The number of ether oxygens (including phenoxy) is 1. The lowest BCUT2D eigenvalue weighted by atomic mass is 9.92. The van der Waals surface area contributed by atoms with E-state index in [0.29, 0.717) is 12.5 Å².